The van der Waals surface area contributed by atoms with E-state index in [4.69, 9.17) is 0 Å². The zero-order valence-corrected chi connectivity index (χ0v) is 15.0. The Morgan fingerprint density at radius 1 is 1.15 bits per heavy atom. The highest BCUT2D eigenvalue weighted by Gasteiger charge is 2.29. The summed E-state index contributed by atoms with van der Waals surface area (Å²) in [6.45, 7) is 0.372. The van der Waals surface area contributed by atoms with Gasteiger partial charge < -0.3 is 10.4 Å². The van der Waals surface area contributed by atoms with Crippen molar-refractivity contribution < 1.29 is 18.3 Å². The number of hydrogen-bond acceptors (Lipinski definition) is 6. The van der Waals surface area contributed by atoms with E-state index in [9.17, 15) is 18.3 Å². The molecule has 0 spiro atoms. The van der Waals surface area contributed by atoms with Crippen LogP contribution in [0.5, 0.6) is 5.75 Å². The first-order valence-electron chi connectivity index (χ1n) is 8.31. The van der Waals surface area contributed by atoms with Crippen molar-refractivity contribution in [3.8, 4) is 5.75 Å². The molecule has 0 atom stereocenters. The maximum Gasteiger partial charge on any atom is 0.275 e. The van der Waals surface area contributed by atoms with Crippen LogP contribution in [0.15, 0.2) is 48.7 Å². The van der Waals surface area contributed by atoms with Crippen LogP contribution in [-0.4, -0.2) is 41.7 Å². The molecular formula is C18H16N4O4S. The van der Waals surface area contributed by atoms with Crippen molar-refractivity contribution in [3.63, 3.8) is 0 Å². The van der Waals surface area contributed by atoms with Crippen molar-refractivity contribution in [2.75, 3.05) is 21.9 Å². The first-order valence-corrected chi connectivity index (χ1v) is 9.91. The van der Waals surface area contributed by atoms with Crippen molar-refractivity contribution in [2.45, 2.75) is 6.42 Å². The van der Waals surface area contributed by atoms with Crippen LogP contribution in [-0.2, 0) is 10.0 Å². The zero-order valence-electron chi connectivity index (χ0n) is 14.2. The number of aromatic hydroxyl groups is 1. The van der Waals surface area contributed by atoms with Gasteiger partial charge >= 0.3 is 0 Å². The molecule has 9 heteroatoms. The van der Waals surface area contributed by atoms with Crippen molar-refractivity contribution in [1.82, 2.24) is 9.97 Å². The van der Waals surface area contributed by atoms with Crippen LogP contribution in [0.1, 0.15) is 16.9 Å². The minimum Gasteiger partial charge on any atom is -0.506 e. The predicted molar refractivity (Wildman–Crippen MR) is 101 cm³/mol. The third kappa shape index (κ3) is 3.28. The lowest BCUT2D eigenvalue weighted by atomic mass is 10.2. The van der Waals surface area contributed by atoms with Crippen LogP contribution < -0.4 is 9.62 Å². The number of benzene rings is 2. The molecule has 1 aliphatic rings. The highest BCUT2D eigenvalue weighted by atomic mass is 32.2. The molecule has 0 bridgehead atoms. The van der Waals surface area contributed by atoms with E-state index in [1.807, 2.05) is 6.07 Å². The molecule has 1 saturated heterocycles. The van der Waals surface area contributed by atoms with Gasteiger partial charge in [0, 0.05) is 6.54 Å². The fraction of sp³-hybridized carbons (Fsp3) is 0.167. The largest absolute Gasteiger partial charge is 0.506 e. The molecule has 1 aromatic heterocycles. The fourth-order valence-electron chi connectivity index (χ4n) is 2.96. The van der Waals surface area contributed by atoms with E-state index in [0.717, 1.165) is 0 Å². The van der Waals surface area contributed by atoms with Gasteiger partial charge in [-0.3, -0.25) is 14.1 Å². The summed E-state index contributed by atoms with van der Waals surface area (Å²) in [5.74, 6) is -0.634. The molecule has 138 valence electrons. The summed E-state index contributed by atoms with van der Waals surface area (Å²) in [6, 6.07) is 11.4. The quantitative estimate of drug-likeness (QED) is 0.669. The number of nitrogens with one attached hydrogen (secondary N) is 1. The molecular weight excluding hydrogens is 368 g/mol. The lowest BCUT2D eigenvalue weighted by molar-refractivity contribution is 0.102. The molecule has 1 amide bonds. The average Bonchev–Trinajstić information content (AvgIpc) is 3.02. The van der Waals surface area contributed by atoms with Gasteiger partial charge in [0.15, 0.2) is 0 Å². The fourth-order valence-corrected chi connectivity index (χ4v) is 4.52. The Labute approximate surface area is 155 Å². The summed E-state index contributed by atoms with van der Waals surface area (Å²) < 4.78 is 25.4. The zero-order chi connectivity index (χ0) is 19.0. The van der Waals surface area contributed by atoms with Crippen LogP contribution in [0.25, 0.3) is 11.0 Å². The average molecular weight is 384 g/mol. The Balaban J connectivity index is 1.63. The van der Waals surface area contributed by atoms with Crippen LogP contribution in [0, 0.1) is 0 Å². The summed E-state index contributed by atoms with van der Waals surface area (Å²) in [6.07, 6.45) is 1.89. The smallest absolute Gasteiger partial charge is 0.275 e. The van der Waals surface area contributed by atoms with Gasteiger partial charge in [0.1, 0.15) is 11.4 Å². The predicted octanol–water partition coefficient (Wildman–Crippen LogP) is 2.13. The van der Waals surface area contributed by atoms with Crippen molar-refractivity contribution in [2.24, 2.45) is 0 Å². The Morgan fingerprint density at radius 3 is 2.67 bits per heavy atom. The maximum atomic E-state index is 12.5. The number of sulfonamides is 1. The van der Waals surface area contributed by atoms with Crippen LogP contribution in [0.4, 0.5) is 11.4 Å². The molecule has 2 N–H and O–H groups in total. The molecule has 3 aromatic rings. The Bertz CT molecular complexity index is 1150. The lowest BCUT2D eigenvalue weighted by Crippen LogP contribution is -2.25. The summed E-state index contributed by atoms with van der Waals surface area (Å²) >= 11 is 0. The molecule has 27 heavy (non-hydrogen) atoms. The second-order valence-corrected chi connectivity index (χ2v) is 8.15. The molecule has 0 saturated carbocycles. The Hall–Kier alpha value is -3.20. The normalized spacial score (nSPS) is 15.8. The Morgan fingerprint density at radius 2 is 1.93 bits per heavy atom. The Kier molecular flexibility index (Phi) is 4.15. The number of carbonyl (C=O) groups excluding carboxylic acids is 1. The molecule has 4 rings (SSSR count). The minimum atomic E-state index is -3.36. The molecule has 1 fully saturated rings. The van der Waals surface area contributed by atoms with Gasteiger partial charge in [0.05, 0.1) is 34.4 Å². The van der Waals surface area contributed by atoms with E-state index < -0.39 is 15.9 Å². The number of rotatable bonds is 3. The highest BCUT2D eigenvalue weighted by Crippen LogP contribution is 2.32. The monoisotopic (exact) mass is 384 g/mol. The molecule has 0 unspecified atom stereocenters. The number of para-hydroxylation sites is 2. The molecule has 0 aliphatic carbocycles. The van der Waals surface area contributed by atoms with Gasteiger partial charge in [0.25, 0.3) is 5.91 Å². The third-order valence-corrected chi connectivity index (χ3v) is 6.17. The summed E-state index contributed by atoms with van der Waals surface area (Å²) in [7, 11) is -3.36. The van der Waals surface area contributed by atoms with Gasteiger partial charge in [-0.15, -0.1) is 0 Å². The van der Waals surface area contributed by atoms with E-state index in [0.29, 0.717) is 29.7 Å². The van der Waals surface area contributed by atoms with Crippen LogP contribution >= 0.6 is 0 Å². The molecule has 8 nitrogen and oxygen atoms in total. The number of anilines is 2. The third-order valence-electron chi connectivity index (χ3n) is 4.30. The topological polar surface area (TPSA) is 112 Å². The number of nitrogens with zero attached hydrogens (tertiary/aromatic N) is 3. The van der Waals surface area contributed by atoms with Gasteiger partial charge in [-0.05, 0) is 36.8 Å². The molecule has 1 aliphatic heterocycles. The number of fused-ring (bicyclic) bond motifs is 1. The van der Waals surface area contributed by atoms with Crippen LogP contribution in [0.3, 0.4) is 0 Å². The lowest BCUT2D eigenvalue weighted by Gasteiger charge is -2.18. The van der Waals surface area contributed by atoms with Gasteiger partial charge in [-0.25, -0.2) is 13.4 Å². The SMILES string of the molecule is O=C(Nc1cc(N2CCCS2(=O)=O)ccc1O)c1cnc2ccccc2n1. The van der Waals surface area contributed by atoms with E-state index in [1.54, 1.807) is 18.2 Å². The summed E-state index contributed by atoms with van der Waals surface area (Å²) in [5.41, 5.74) is 1.83. The first-order chi connectivity index (χ1) is 12.9. The van der Waals surface area contributed by atoms with Gasteiger partial charge in [-0.1, -0.05) is 12.1 Å². The number of amides is 1. The van der Waals surface area contributed by atoms with Gasteiger partial charge in [-0.2, -0.15) is 0 Å². The minimum absolute atomic E-state index is 0.0856. The standard InChI is InChI=1S/C18H16N4O4S/c23-17-7-6-12(22-8-3-9-27(22,25)26)10-15(17)21-18(24)16-11-19-13-4-1-2-5-14(13)20-16/h1-2,4-7,10-11,23H,3,8-9H2,(H,21,24). The molecule has 2 aromatic carbocycles. The number of aromatic nitrogens is 2. The number of carbonyl (C=O) groups is 1. The van der Waals surface area contributed by atoms with Crippen molar-refractivity contribution in [1.29, 1.82) is 0 Å². The number of phenols is 1. The molecule has 0 radical (unpaired) electrons. The maximum absolute atomic E-state index is 12.5. The van der Waals surface area contributed by atoms with E-state index in [2.05, 4.69) is 15.3 Å². The summed E-state index contributed by atoms with van der Waals surface area (Å²) in [4.78, 5) is 21.0. The first kappa shape index (κ1) is 17.2. The van der Waals surface area contributed by atoms with E-state index in [-0.39, 0.29) is 22.9 Å². The number of phenolic OH excluding ortho intramolecular Hbond substituents is 1. The van der Waals surface area contributed by atoms with Gasteiger partial charge in [0.2, 0.25) is 10.0 Å². The molecule has 2 heterocycles. The van der Waals surface area contributed by atoms with E-state index >= 15 is 0 Å². The second-order valence-electron chi connectivity index (χ2n) is 6.14. The number of hydrogen-bond donors (Lipinski definition) is 2. The van der Waals surface area contributed by atoms with E-state index in [1.165, 1.54) is 28.7 Å². The highest BCUT2D eigenvalue weighted by molar-refractivity contribution is 7.93. The van der Waals surface area contributed by atoms with Crippen molar-refractivity contribution >= 4 is 38.3 Å². The van der Waals surface area contributed by atoms with Crippen LogP contribution in [0.2, 0.25) is 0 Å². The second kappa shape index (κ2) is 6.51. The summed E-state index contributed by atoms with van der Waals surface area (Å²) in [5, 5.41) is 12.6. The van der Waals surface area contributed by atoms with Crippen molar-refractivity contribution in [3.05, 3.63) is 54.4 Å².